The molecule has 5 nitrogen and oxygen atoms in total. The Kier molecular flexibility index (Phi) is 6.15. The lowest BCUT2D eigenvalue weighted by Gasteiger charge is -2.40. The van der Waals surface area contributed by atoms with Crippen LogP contribution in [-0.4, -0.2) is 37.5 Å². The lowest BCUT2D eigenvalue weighted by Crippen LogP contribution is -2.56. The van der Waals surface area contributed by atoms with Crippen LogP contribution in [0.3, 0.4) is 0 Å². The Labute approximate surface area is 169 Å². The molecule has 2 aromatic rings. The van der Waals surface area contributed by atoms with E-state index in [4.69, 9.17) is 9.68 Å². The third-order valence-electron chi connectivity index (χ3n) is 4.91. The van der Waals surface area contributed by atoms with E-state index >= 15 is 0 Å². The lowest BCUT2D eigenvalue weighted by atomic mass is 10.00. The SMILES string of the molecule is CO/N=C(/C)c1cccc(C)c1CO/N=C(\C)c1cccc(N2CC(F)(F)C2)c1. The van der Waals surface area contributed by atoms with Crippen molar-refractivity contribution in [2.75, 3.05) is 25.1 Å². The number of hydrogen-bond acceptors (Lipinski definition) is 5. The van der Waals surface area contributed by atoms with E-state index in [1.807, 2.05) is 63.2 Å². The number of halogens is 2. The normalized spacial score (nSPS) is 16.4. The number of nitrogens with zero attached hydrogens (tertiary/aromatic N) is 3. The molecule has 0 radical (unpaired) electrons. The van der Waals surface area contributed by atoms with Gasteiger partial charge in [-0.25, -0.2) is 8.78 Å². The van der Waals surface area contributed by atoms with E-state index in [9.17, 15) is 8.78 Å². The maximum Gasteiger partial charge on any atom is 0.282 e. The molecule has 1 aliphatic heterocycles. The van der Waals surface area contributed by atoms with Crippen LogP contribution in [-0.2, 0) is 16.3 Å². The number of rotatable bonds is 7. The van der Waals surface area contributed by atoms with Gasteiger partial charge < -0.3 is 14.6 Å². The topological polar surface area (TPSA) is 46.4 Å². The second-order valence-corrected chi connectivity index (χ2v) is 7.17. The molecule has 0 atom stereocenters. The molecule has 0 aliphatic carbocycles. The Morgan fingerprint density at radius 3 is 2.48 bits per heavy atom. The lowest BCUT2D eigenvalue weighted by molar-refractivity contribution is -0.0262. The summed E-state index contributed by atoms with van der Waals surface area (Å²) in [5.74, 6) is -2.60. The van der Waals surface area contributed by atoms with Gasteiger partial charge in [0.2, 0.25) is 0 Å². The minimum absolute atomic E-state index is 0.248. The minimum Gasteiger partial charge on any atom is -0.399 e. The first kappa shape index (κ1) is 20.8. The molecule has 154 valence electrons. The van der Waals surface area contributed by atoms with Crippen molar-refractivity contribution in [2.45, 2.75) is 33.3 Å². The van der Waals surface area contributed by atoms with Crippen LogP contribution in [0.1, 0.15) is 36.1 Å². The third-order valence-corrected chi connectivity index (χ3v) is 4.91. The van der Waals surface area contributed by atoms with Crippen LogP contribution in [0.25, 0.3) is 0 Å². The molecule has 1 heterocycles. The zero-order valence-corrected chi connectivity index (χ0v) is 17.1. The number of hydrogen-bond donors (Lipinski definition) is 0. The number of oxime groups is 2. The largest absolute Gasteiger partial charge is 0.399 e. The van der Waals surface area contributed by atoms with Gasteiger partial charge >= 0.3 is 0 Å². The van der Waals surface area contributed by atoms with Gasteiger partial charge in [0.25, 0.3) is 5.92 Å². The predicted molar refractivity (Wildman–Crippen MR) is 111 cm³/mol. The van der Waals surface area contributed by atoms with Gasteiger partial charge in [0.15, 0.2) is 0 Å². The Bertz CT molecular complexity index is 933. The van der Waals surface area contributed by atoms with Crippen LogP contribution in [0.15, 0.2) is 52.8 Å². The first-order chi connectivity index (χ1) is 13.8. The summed E-state index contributed by atoms with van der Waals surface area (Å²) in [6.45, 7) is 5.50. The molecule has 7 heteroatoms. The monoisotopic (exact) mass is 401 g/mol. The second kappa shape index (κ2) is 8.59. The van der Waals surface area contributed by atoms with Gasteiger partial charge in [0.05, 0.1) is 24.5 Å². The number of alkyl halides is 2. The van der Waals surface area contributed by atoms with E-state index in [1.54, 1.807) is 4.90 Å². The van der Waals surface area contributed by atoms with Gasteiger partial charge in [-0.2, -0.15) is 0 Å². The third kappa shape index (κ3) is 4.91. The van der Waals surface area contributed by atoms with E-state index in [2.05, 4.69) is 10.3 Å². The Morgan fingerprint density at radius 1 is 1.07 bits per heavy atom. The number of benzene rings is 2. The minimum atomic E-state index is -2.60. The highest BCUT2D eigenvalue weighted by molar-refractivity contribution is 6.00. The van der Waals surface area contributed by atoms with Crippen LogP contribution in [0.4, 0.5) is 14.5 Å². The maximum atomic E-state index is 13.1. The highest BCUT2D eigenvalue weighted by Gasteiger charge is 2.43. The maximum absolute atomic E-state index is 13.1. The summed E-state index contributed by atoms with van der Waals surface area (Å²) in [4.78, 5) is 12.1. The van der Waals surface area contributed by atoms with Gasteiger partial charge in [-0.05, 0) is 38.5 Å². The molecular weight excluding hydrogens is 376 g/mol. The van der Waals surface area contributed by atoms with Crippen LogP contribution in [0.2, 0.25) is 0 Å². The van der Waals surface area contributed by atoms with Crippen molar-refractivity contribution in [3.8, 4) is 0 Å². The second-order valence-electron chi connectivity index (χ2n) is 7.17. The van der Waals surface area contributed by atoms with Crippen LogP contribution in [0, 0.1) is 6.92 Å². The molecule has 0 aromatic heterocycles. The molecule has 0 bridgehead atoms. The van der Waals surface area contributed by atoms with Crippen molar-refractivity contribution in [2.24, 2.45) is 10.3 Å². The Morgan fingerprint density at radius 2 is 1.79 bits per heavy atom. The van der Waals surface area contributed by atoms with Gasteiger partial charge in [-0.15, -0.1) is 0 Å². The summed E-state index contributed by atoms with van der Waals surface area (Å²) < 4.78 is 26.3. The number of anilines is 1. The molecule has 0 saturated carbocycles. The molecule has 0 spiro atoms. The fraction of sp³-hybridized carbons (Fsp3) is 0.364. The van der Waals surface area contributed by atoms with E-state index in [0.29, 0.717) is 5.71 Å². The first-order valence-electron chi connectivity index (χ1n) is 9.37. The van der Waals surface area contributed by atoms with E-state index in [-0.39, 0.29) is 19.7 Å². The van der Waals surface area contributed by atoms with E-state index in [0.717, 1.165) is 33.7 Å². The predicted octanol–water partition coefficient (Wildman–Crippen LogP) is 4.76. The molecule has 0 amide bonds. The van der Waals surface area contributed by atoms with Gasteiger partial charge in [-0.1, -0.05) is 40.6 Å². The molecule has 3 rings (SSSR count). The van der Waals surface area contributed by atoms with Crippen molar-refractivity contribution in [3.63, 3.8) is 0 Å². The van der Waals surface area contributed by atoms with Gasteiger partial charge in [0.1, 0.15) is 13.7 Å². The van der Waals surface area contributed by atoms with Crippen LogP contribution >= 0.6 is 0 Å². The molecule has 1 saturated heterocycles. The average Bonchev–Trinajstić information content (AvgIpc) is 2.67. The fourth-order valence-corrected chi connectivity index (χ4v) is 3.29. The van der Waals surface area contributed by atoms with Gasteiger partial charge in [-0.3, -0.25) is 0 Å². The van der Waals surface area contributed by atoms with Gasteiger partial charge in [0, 0.05) is 22.4 Å². The first-order valence-corrected chi connectivity index (χ1v) is 9.37. The molecule has 1 aliphatic rings. The summed E-state index contributed by atoms with van der Waals surface area (Å²) in [7, 11) is 1.51. The molecule has 29 heavy (non-hydrogen) atoms. The zero-order valence-electron chi connectivity index (χ0n) is 17.1. The fourth-order valence-electron chi connectivity index (χ4n) is 3.29. The highest BCUT2D eigenvalue weighted by Crippen LogP contribution is 2.32. The summed E-state index contributed by atoms with van der Waals surface area (Å²) in [6.07, 6.45) is 0. The summed E-state index contributed by atoms with van der Waals surface area (Å²) in [6, 6.07) is 13.3. The Hall–Kier alpha value is -2.96. The molecule has 0 N–H and O–H groups in total. The standard InChI is InChI=1S/C22H25F2N3O2/c1-15-7-5-10-20(17(3)25-28-4)21(15)12-29-26-16(2)18-8-6-9-19(11-18)27-13-22(23,24)14-27/h5-11H,12-14H2,1-4H3/b25-17-,26-16+. The highest BCUT2D eigenvalue weighted by atomic mass is 19.3. The average molecular weight is 401 g/mol. The van der Waals surface area contributed by atoms with Crippen molar-refractivity contribution in [1.29, 1.82) is 0 Å². The van der Waals surface area contributed by atoms with Crippen LogP contribution < -0.4 is 4.90 Å². The quantitative estimate of drug-likeness (QED) is 0.496. The zero-order chi connectivity index (χ0) is 21.0. The summed E-state index contributed by atoms with van der Waals surface area (Å²) in [5, 5.41) is 8.23. The van der Waals surface area contributed by atoms with Crippen molar-refractivity contribution < 1.29 is 18.5 Å². The van der Waals surface area contributed by atoms with Crippen molar-refractivity contribution in [1.82, 2.24) is 0 Å². The summed E-state index contributed by atoms with van der Waals surface area (Å²) in [5.41, 5.74) is 6.03. The van der Waals surface area contributed by atoms with Crippen molar-refractivity contribution in [3.05, 3.63) is 64.7 Å². The molecule has 0 unspecified atom stereocenters. The van der Waals surface area contributed by atoms with E-state index in [1.165, 1.54) is 7.11 Å². The smallest absolute Gasteiger partial charge is 0.282 e. The van der Waals surface area contributed by atoms with Crippen LogP contribution in [0.5, 0.6) is 0 Å². The summed E-state index contributed by atoms with van der Waals surface area (Å²) >= 11 is 0. The van der Waals surface area contributed by atoms with Crippen molar-refractivity contribution >= 4 is 17.1 Å². The molecular formula is C22H25F2N3O2. The molecule has 2 aromatic carbocycles. The van der Waals surface area contributed by atoms with E-state index < -0.39 is 5.92 Å². The Balaban J connectivity index is 1.71. The molecule has 1 fully saturated rings. The number of aryl methyl sites for hydroxylation is 1.